The summed E-state index contributed by atoms with van der Waals surface area (Å²) in [6, 6.07) is 8.40. The van der Waals surface area contributed by atoms with Gasteiger partial charge in [0.25, 0.3) is 0 Å². The third-order valence-electron chi connectivity index (χ3n) is 2.35. The zero-order chi connectivity index (χ0) is 13.1. The molecule has 0 fully saturated rings. The van der Waals surface area contributed by atoms with Crippen LogP contribution in [0.2, 0.25) is 10.0 Å². The van der Waals surface area contributed by atoms with E-state index >= 15 is 0 Å². The third kappa shape index (κ3) is 3.03. The van der Waals surface area contributed by atoms with Crippen LogP contribution in [-0.2, 0) is 0 Å². The molecular weight excluding hydrogens is 271 g/mol. The molecule has 0 aliphatic rings. The topological polar surface area (TPSA) is 30.2 Å². The first-order valence-corrected chi connectivity index (χ1v) is 6.06. The fraction of sp³-hybridized carbons (Fsp3) is 0.0714. The maximum atomic E-state index is 11.9. The van der Waals surface area contributed by atoms with Crippen molar-refractivity contribution in [3.63, 3.8) is 0 Å². The van der Waals surface area contributed by atoms with Crippen molar-refractivity contribution in [2.75, 3.05) is 0 Å². The summed E-state index contributed by atoms with van der Waals surface area (Å²) in [4.78, 5) is 11.9. The molecule has 1 aromatic carbocycles. The molecule has 0 amide bonds. The van der Waals surface area contributed by atoms with Crippen molar-refractivity contribution in [1.29, 1.82) is 0 Å². The molecule has 0 spiro atoms. The van der Waals surface area contributed by atoms with Crippen LogP contribution >= 0.6 is 23.2 Å². The van der Waals surface area contributed by atoms with E-state index < -0.39 is 0 Å². The van der Waals surface area contributed by atoms with Crippen LogP contribution in [0.15, 0.2) is 40.8 Å². The minimum atomic E-state index is -0.212. The number of hydrogen-bond donors (Lipinski definition) is 0. The maximum absolute atomic E-state index is 11.9. The van der Waals surface area contributed by atoms with Crippen LogP contribution in [0.4, 0.5) is 0 Å². The molecule has 0 saturated carbocycles. The molecular formula is C14H10Cl2O2. The van der Waals surface area contributed by atoms with Gasteiger partial charge in [0.1, 0.15) is 11.5 Å². The zero-order valence-corrected chi connectivity index (χ0v) is 11.1. The molecule has 0 saturated heterocycles. The molecule has 2 aromatic rings. The smallest absolute Gasteiger partial charge is 0.187 e. The Hall–Kier alpha value is -1.51. The van der Waals surface area contributed by atoms with Gasteiger partial charge in [-0.1, -0.05) is 23.2 Å². The predicted octanol–water partition coefficient (Wildman–Crippen LogP) is 4.79. The van der Waals surface area contributed by atoms with Gasteiger partial charge in [0.2, 0.25) is 0 Å². The van der Waals surface area contributed by atoms with Crippen molar-refractivity contribution < 1.29 is 9.21 Å². The van der Waals surface area contributed by atoms with Crippen LogP contribution in [0.25, 0.3) is 6.08 Å². The van der Waals surface area contributed by atoms with Crippen LogP contribution in [0.5, 0.6) is 0 Å². The summed E-state index contributed by atoms with van der Waals surface area (Å²) in [5, 5.41) is 0.856. The average Bonchev–Trinajstić information content (AvgIpc) is 2.75. The fourth-order valence-electron chi connectivity index (χ4n) is 1.48. The van der Waals surface area contributed by atoms with Crippen molar-refractivity contribution in [1.82, 2.24) is 0 Å². The van der Waals surface area contributed by atoms with Gasteiger partial charge in [-0.2, -0.15) is 0 Å². The second-order valence-corrected chi connectivity index (χ2v) is 4.61. The molecule has 1 aromatic heterocycles. The number of carbonyl (C=O) groups is 1. The number of aryl methyl sites for hydroxylation is 1. The van der Waals surface area contributed by atoms with E-state index in [0.29, 0.717) is 21.4 Å². The molecule has 2 nitrogen and oxygen atoms in total. The quantitative estimate of drug-likeness (QED) is 0.598. The number of hydrogen-bond acceptors (Lipinski definition) is 2. The summed E-state index contributed by atoms with van der Waals surface area (Å²) >= 11 is 11.8. The molecule has 4 heteroatoms. The molecule has 1 heterocycles. The van der Waals surface area contributed by atoms with Crippen molar-refractivity contribution in [3.8, 4) is 0 Å². The largest absolute Gasteiger partial charge is 0.462 e. The van der Waals surface area contributed by atoms with Gasteiger partial charge in [-0.3, -0.25) is 4.79 Å². The van der Waals surface area contributed by atoms with Crippen LogP contribution in [0.1, 0.15) is 21.9 Å². The van der Waals surface area contributed by atoms with E-state index in [2.05, 4.69) is 0 Å². The SMILES string of the molecule is Cc1ccc(C=CC(=O)c2cc(Cl)ccc2Cl)o1. The number of allylic oxidation sites excluding steroid dienone is 1. The highest BCUT2D eigenvalue weighted by atomic mass is 35.5. The van der Waals surface area contributed by atoms with Gasteiger partial charge in [-0.25, -0.2) is 0 Å². The van der Waals surface area contributed by atoms with Crippen LogP contribution in [0, 0.1) is 6.92 Å². The summed E-state index contributed by atoms with van der Waals surface area (Å²) in [5.74, 6) is 1.21. The number of furan rings is 1. The first-order chi connectivity index (χ1) is 8.56. The van der Waals surface area contributed by atoms with Gasteiger partial charge in [0.05, 0.1) is 5.02 Å². The third-order valence-corrected chi connectivity index (χ3v) is 2.92. The predicted molar refractivity (Wildman–Crippen MR) is 73.3 cm³/mol. The number of ketones is 1. The first-order valence-electron chi connectivity index (χ1n) is 5.30. The lowest BCUT2D eigenvalue weighted by atomic mass is 10.1. The standard InChI is InChI=1S/C14H10Cl2O2/c1-9-2-4-11(18-9)5-7-14(17)12-8-10(15)3-6-13(12)16/h2-8H,1H3. The molecule has 92 valence electrons. The van der Waals surface area contributed by atoms with Crippen molar-refractivity contribution in [2.24, 2.45) is 0 Å². The van der Waals surface area contributed by atoms with Gasteiger partial charge in [-0.15, -0.1) is 0 Å². The second kappa shape index (κ2) is 5.42. The number of benzene rings is 1. The lowest BCUT2D eigenvalue weighted by Gasteiger charge is -1.99. The van der Waals surface area contributed by atoms with E-state index in [0.717, 1.165) is 5.76 Å². The molecule has 0 aliphatic carbocycles. The van der Waals surface area contributed by atoms with Crippen molar-refractivity contribution in [3.05, 3.63) is 63.5 Å². The molecule has 18 heavy (non-hydrogen) atoms. The van der Waals surface area contributed by atoms with E-state index in [9.17, 15) is 4.79 Å². The van der Waals surface area contributed by atoms with E-state index in [1.165, 1.54) is 6.08 Å². The van der Waals surface area contributed by atoms with E-state index in [4.69, 9.17) is 27.6 Å². The number of halogens is 2. The normalized spacial score (nSPS) is 11.1. The summed E-state index contributed by atoms with van der Waals surface area (Å²) in [6.07, 6.45) is 3.02. The Balaban J connectivity index is 2.22. The van der Waals surface area contributed by atoms with E-state index in [1.807, 2.05) is 13.0 Å². The molecule has 0 N–H and O–H groups in total. The van der Waals surface area contributed by atoms with Crippen molar-refractivity contribution >= 4 is 35.1 Å². The molecule has 0 bridgehead atoms. The van der Waals surface area contributed by atoms with Gasteiger partial charge >= 0.3 is 0 Å². The van der Waals surface area contributed by atoms with Crippen molar-refractivity contribution in [2.45, 2.75) is 6.92 Å². The van der Waals surface area contributed by atoms with E-state index in [1.54, 1.807) is 30.3 Å². The van der Waals surface area contributed by atoms with Gasteiger partial charge in [0.15, 0.2) is 5.78 Å². The monoisotopic (exact) mass is 280 g/mol. The summed E-state index contributed by atoms with van der Waals surface area (Å²) in [5.41, 5.74) is 0.378. The van der Waals surface area contributed by atoms with E-state index in [-0.39, 0.29) is 5.78 Å². The number of carbonyl (C=O) groups excluding carboxylic acids is 1. The lowest BCUT2D eigenvalue weighted by molar-refractivity contribution is 0.104. The Bertz CT molecular complexity index is 612. The Morgan fingerprint density at radius 1 is 1.22 bits per heavy atom. The Morgan fingerprint density at radius 2 is 2.00 bits per heavy atom. The van der Waals surface area contributed by atoms with Crippen LogP contribution in [0.3, 0.4) is 0 Å². The maximum Gasteiger partial charge on any atom is 0.187 e. The highest BCUT2D eigenvalue weighted by molar-refractivity contribution is 6.36. The molecule has 0 aliphatic heterocycles. The highest BCUT2D eigenvalue weighted by Crippen LogP contribution is 2.21. The minimum Gasteiger partial charge on any atom is -0.462 e. The summed E-state index contributed by atoms with van der Waals surface area (Å²) in [7, 11) is 0. The summed E-state index contributed by atoms with van der Waals surface area (Å²) < 4.78 is 5.33. The molecule has 0 radical (unpaired) electrons. The molecule has 0 unspecified atom stereocenters. The Morgan fingerprint density at radius 3 is 2.67 bits per heavy atom. The van der Waals surface area contributed by atoms with Gasteiger partial charge < -0.3 is 4.42 Å². The van der Waals surface area contributed by atoms with Gasteiger partial charge in [-0.05, 0) is 49.4 Å². The number of rotatable bonds is 3. The fourth-order valence-corrected chi connectivity index (χ4v) is 1.86. The molecule has 2 rings (SSSR count). The Labute approximate surface area is 115 Å². The highest BCUT2D eigenvalue weighted by Gasteiger charge is 2.08. The Kier molecular flexibility index (Phi) is 3.90. The zero-order valence-electron chi connectivity index (χ0n) is 9.61. The van der Waals surface area contributed by atoms with Crippen LogP contribution < -0.4 is 0 Å². The minimum absolute atomic E-state index is 0.212. The lowest BCUT2D eigenvalue weighted by Crippen LogP contribution is -1.95. The van der Waals surface area contributed by atoms with Crippen LogP contribution in [-0.4, -0.2) is 5.78 Å². The summed E-state index contributed by atoms with van der Waals surface area (Å²) in [6.45, 7) is 1.84. The average molecular weight is 281 g/mol. The van der Waals surface area contributed by atoms with Gasteiger partial charge in [0, 0.05) is 10.6 Å². The first kappa shape index (κ1) is 12.9. The second-order valence-electron chi connectivity index (χ2n) is 3.77. The molecule has 0 atom stereocenters.